The van der Waals surface area contributed by atoms with E-state index in [1.165, 1.54) is 5.56 Å². The van der Waals surface area contributed by atoms with Gasteiger partial charge in [-0.25, -0.2) is 9.78 Å². The maximum Gasteiger partial charge on any atom is 0.347 e. The van der Waals surface area contributed by atoms with Crippen molar-refractivity contribution in [3.05, 3.63) is 50.6 Å². The number of aromatic amines is 1. The molecule has 0 saturated carbocycles. The van der Waals surface area contributed by atoms with Crippen LogP contribution in [0.25, 0.3) is 10.9 Å². The first-order chi connectivity index (χ1) is 11.8. The molecular weight excluding hydrogens is 338 g/mol. The van der Waals surface area contributed by atoms with Crippen molar-refractivity contribution in [1.29, 1.82) is 0 Å². The van der Waals surface area contributed by atoms with Crippen LogP contribution in [0, 0.1) is 20.8 Å². The second-order valence-corrected chi connectivity index (χ2v) is 7.15. The summed E-state index contributed by atoms with van der Waals surface area (Å²) in [5, 5.41) is 13.6. The number of thiazole rings is 1. The topological polar surface area (TPSA) is 95.1 Å². The Morgan fingerprint density at radius 1 is 1.28 bits per heavy atom. The molecule has 1 aromatic carbocycles. The zero-order valence-corrected chi connectivity index (χ0v) is 15.2. The van der Waals surface area contributed by atoms with Crippen LogP contribution in [0.3, 0.4) is 0 Å². The molecule has 1 amide bonds. The number of aryl methyl sites for hydroxylation is 3. The lowest BCUT2D eigenvalue weighted by Crippen LogP contribution is -2.26. The van der Waals surface area contributed by atoms with Crippen molar-refractivity contribution in [2.75, 3.05) is 0 Å². The molecule has 0 aliphatic carbocycles. The predicted octanol–water partition coefficient (Wildman–Crippen LogP) is 3.74. The zero-order chi connectivity index (χ0) is 18.3. The quantitative estimate of drug-likeness (QED) is 0.663. The summed E-state index contributed by atoms with van der Waals surface area (Å²) in [6, 6.07) is 5.44. The van der Waals surface area contributed by atoms with Gasteiger partial charge in [0.25, 0.3) is 5.91 Å². The molecule has 1 unspecified atom stereocenters. The number of benzene rings is 1. The Kier molecular flexibility index (Phi) is 4.34. The number of amides is 1. The maximum absolute atomic E-state index is 12.5. The Morgan fingerprint density at radius 3 is 2.64 bits per heavy atom. The van der Waals surface area contributed by atoms with E-state index in [1.807, 2.05) is 32.0 Å². The first-order valence-corrected chi connectivity index (χ1v) is 8.70. The lowest BCUT2D eigenvalue weighted by Gasteiger charge is -2.10. The summed E-state index contributed by atoms with van der Waals surface area (Å²) in [7, 11) is 0. The van der Waals surface area contributed by atoms with Crippen LogP contribution < -0.4 is 5.32 Å². The minimum atomic E-state index is -0.999. The molecule has 3 rings (SSSR count). The van der Waals surface area contributed by atoms with E-state index >= 15 is 0 Å². The largest absolute Gasteiger partial charge is 0.477 e. The van der Waals surface area contributed by atoms with Gasteiger partial charge in [-0.15, -0.1) is 11.3 Å². The van der Waals surface area contributed by atoms with E-state index in [0.717, 1.165) is 27.8 Å². The normalized spacial score (nSPS) is 12.3. The van der Waals surface area contributed by atoms with E-state index in [1.54, 1.807) is 13.8 Å². The van der Waals surface area contributed by atoms with Crippen LogP contribution >= 0.6 is 11.3 Å². The maximum atomic E-state index is 12.5. The molecule has 0 aliphatic rings. The third-order valence-electron chi connectivity index (χ3n) is 4.31. The molecule has 0 radical (unpaired) electrons. The van der Waals surface area contributed by atoms with Gasteiger partial charge in [0, 0.05) is 10.9 Å². The third kappa shape index (κ3) is 3.15. The second-order valence-electron chi connectivity index (χ2n) is 6.12. The molecule has 0 spiro atoms. The van der Waals surface area contributed by atoms with E-state index < -0.39 is 5.97 Å². The van der Waals surface area contributed by atoms with Gasteiger partial charge in [-0.3, -0.25) is 4.79 Å². The van der Waals surface area contributed by atoms with Crippen LogP contribution in [0.1, 0.15) is 55.0 Å². The number of rotatable bonds is 4. The van der Waals surface area contributed by atoms with Gasteiger partial charge in [0.05, 0.1) is 11.7 Å². The SMILES string of the molecule is Cc1ccc2[nH]c(C(=O)NC(C)c3nc(C)c(C(=O)O)s3)cc2c1C. The van der Waals surface area contributed by atoms with Crippen molar-refractivity contribution in [3.63, 3.8) is 0 Å². The van der Waals surface area contributed by atoms with E-state index in [-0.39, 0.29) is 16.8 Å². The van der Waals surface area contributed by atoms with Crippen LogP contribution in [0.2, 0.25) is 0 Å². The smallest absolute Gasteiger partial charge is 0.347 e. The number of hydrogen-bond acceptors (Lipinski definition) is 4. The van der Waals surface area contributed by atoms with Gasteiger partial charge in [0.15, 0.2) is 0 Å². The Bertz CT molecular complexity index is 987. The molecule has 6 nitrogen and oxygen atoms in total. The molecule has 0 fully saturated rings. The van der Waals surface area contributed by atoms with Crippen LogP contribution in [0.5, 0.6) is 0 Å². The summed E-state index contributed by atoms with van der Waals surface area (Å²) >= 11 is 1.09. The van der Waals surface area contributed by atoms with Gasteiger partial charge < -0.3 is 15.4 Å². The number of nitrogens with one attached hydrogen (secondary N) is 2. The fraction of sp³-hybridized carbons (Fsp3) is 0.278. The summed E-state index contributed by atoms with van der Waals surface area (Å²) in [6.07, 6.45) is 0. The van der Waals surface area contributed by atoms with E-state index in [9.17, 15) is 9.59 Å². The molecule has 130 valence electrons. The highest BCUT2D eigenvalue weighted by atomic mass is 32.1. The lowest BCUT2D eigenvalue weighted by molar-refractivity contribution is 0.0701. The van der Waals surface area contributed by atoms with Gasteiger partial charge in [-0.2, -0.15) is 0 Å². The molecule has 3 aromatic rings. The molecule has 0 aliphatic heterocycles. The number of carbonyl (C=O) groups is 2. The van der Waals surface area contributed by atoms with Crippen molar-refractivity contribution >= 4 is 34.1 Å². The number of carboxylic acids is 1. The van der Waals surface area contributed by atoms with Crippen LogP contribution in [-0.2, 0) is 0 Å². The van der Waals surface area contributed by atoms with E-state index in [2.05, 4.69) is 15.3 Å². The Balaban J connectivity index is 1.83. The minimum Gasteiger partial charge on any atom is -0.477 e. The van der Waals surface area contributed by atoms with Crippen LogP contribution in [0.4, 0.5) is 0 Å². The summed E-state index contributed by atoms with van der Waals surface area (Å²) in [6.45, 7) is 7.51. The first kappa shape index (κ1) is 17.2. The van der Waals surface area contributed by atoms with Crippen molar-refractivity contribution in [3.8, 4) is 0 Å². The summed E-state index contributed by atoms with van der Waals surface area (Å²) in [4.78, 5) is 31.3. The van der Waals surface area contributed by atoms with Gasteiger partial charge in [-0.1, -0.05) is 6.07 Å². The monoisotopic (exact) mass is 357 g/mol. The highest BCUT2D eigenvalue weighted by Gasteiger charge is 2.20. The highest BCUT2D eigenvalue weighted by molar-refractivity contribution is 7.13. The van der Waals surface area contributed by atoms with Gasteiger partial charge >= 0.3 is 5.97 Å². The second kappa shape index (κ2) is 6.33. The predicted molar refractivity (Wildman–Crippen MR) is 97.5 cm³/mol. The average molecular weight is 357 g/mol. The fourth-order valence-corrected chi connectivity index (χ4v) is 3.63. The number of H-pyrrole nitrogens is 1. The zero-order valence-electron chi connectivity index (χ0n) is 14.4. The van der Waals surface area contributed by atoms with Crippen LogP contribution in [-0.4, -0.2) is 27.0 Å². The number of nitrogens with zero attached hydrogens (tertiary/aromatic N) is 1. The number of fused-ring (bicyclic) bond motifs is 1. The van der Waals surface area contributed by atoms with Crippen molar-refractivity contribution in [1.82, 2.24) is 15.3 Å². The van der Waals surface area contributed by atoms with Gasteiger partial charge in [0.2, 0.25) is 0 Å². The Labute approximate surface area is 148 Å². The minimum absolute atomic E-state index is 0.202. The molecule has 0 bridgehead atoms. The number of aromatic nitrogens is 2. The number of carboxylic acid groups (broad SMARTS) is 1. The van der Waals surface area contributed by atoms with Crippen molar-refractivity contribution in [2.45, 2.75) is 33.7 Å². The molecule has 25 heavy (non-hydrogen) atoms. The standard InChI is InChI=1S/C18H19N3O3S/c1-8-5-6-13-12(9(8)2)7-14(21-13)16(22)19-11(4)17-20-10(3)15(25-17)18(23)24/h5-7,11,21H,1-4H3,(H,19,22)(H,23,24). The average Bonchev–Trinajstić information content (AvgIpc) is 3.15. The lowest BCUT2D eigenvalue weighted by atomic mass is 10.1. The molecule has 0 saturated heterocycles. The number of carbonyl (C=O) groups excluding carboxylic acids is 1. The fourth-order valence-electron chi connectivity index (χ4n) is 2.72. The molecular formula is C18H19N3O3S. The van der Waals surface area contributed by atoms with Gasteiger partial charge in [0.1, 0.15) is 15.6 Å². The van der Waals surface area contributed by atoms with Gasteiger partial charge in [-0.05, 0) is 51.0 Å². The van der Waals surface area contributed by atoms with Crippen molar-refractivity contribution < 1.29 is 14.7 Å². The molecule has 3 N–H and O–H groups in total. The Hall–Kier alpha value is -2.67. The molecule has 2 aromatic heterocycles. The molecule has 2 heterocycles. The van der Waals surface area contributed by atoms with E-state index in [0.29, 0.717) is 16.4 Å². The summed E-state index contributed by atoms with van der Waals surface area (Å²) < 4.78 is 0. The summed E-state index contributed by atoms with van der Waals surface area (Å²) in [5.41, 5.74) is 4.17. The third-order valence-corrected chi connectivity index (χ3v) is 5.64. The highest BCUT2D eigenvalue weighted by Crippen LogP contribution is 2.25. The molecule has 1 atom stereocenters. The van der Waals surface area contributed by atoms with Crippen molar-refractivity contribution in [2.24, 2.45) is 0 Å². The molecule has 7 heteroatoms. The summed E-state index contributed by atoms with van der Waals surface area (Å²) in [5.74, 6) is -1.24. The Morgan fingerprint density at radius 2 is 2.00 bits per heavy atom. The number of hydrogen-bond donors (Lipinski definition) is 3. The first-order valence-electron chi connectivity index (χ1n) is 7.88. The number of aromatic carboxylic acids is 1. The van der Waals surface area contributed by atoms with E-state index in [4.69, 9.17) is 5.11 Å². The van der Waals surface area contributed by atoms with Crippen LogP contribution in [0.15, 0.2) is 18.2 Å².